The van der Waals surface area contributed by atoms with Crippen LogP contribution < -0.4 is 10.6 Å². The number of rotatable bonds is 4. The Hall–Kier alpha value is -0.0800. The summed E-state index contributed by atoms with van der Waals surface area (Å²) in [6.45, 7) is 4.20. The smallest absolute Gasteiger partial charge is 0.191 e. The molecule has 6 heteroatoms. The molecule has 2 atom stereocenters. The fourth-order valence-corrected chi connectivity index (χ4v) is 3.24. The zero-order chi connectivity index (χ0) is 13.8. The standard InChI is InChI=1S/C15H28N4O.HI/c1-16-15(17-10-14-4-2-3-9-20-14)18-12-7-8-19(11-12)13-5-6-13;/h12-14H,2-11H2,1H3,(H2,16,17,18);1H. The van der Waals surface area contributed by atoms with E-state index in [1.165, 1.54) is 51.6 Å². The Bertz CT molecular complexity index is 343. The molecule has 0 aromatic carbocycles. The predicted molar refractivity (Wildman–Crippen MR) is 96.5 cm³/mol. The lowest BCUT2D eigenvalue weighted by atomic mass is 10.1. The van der Waals surface area contributed by atoms with Crippen LogP contribution in [-0.4, -0.2) is 62.3 Å². The lowest BCUT2D eigenvalue weighted by Crippen LogP contribution is -2.47. The van der Waals surface area contributed by atoms with Gasteiger partial charge in [0.05, 0.1) is 6.10 Å². The first-order valence-corrected chi connectivity index (χ1v) is 8.18. The second kappa shape index (κ2) is 8.53. The van der Waals surface area contributed by atoms with E-state index < -0.39 is 0 Å². The van der Waals surface area contributed by atoms with E-state index in [4.69, 9.17) is 4.74 Å². The molecule has 3 fully saturated rings. The van der Waals surface area contributed by atoms with E-state index in [0.29, 0.717) is 12.1 Å². The van der Waals surface area contributed by atoms with Crippen molar-refractivity contribution in [3.63, 3.8) is 0 Å². The molecule has 1 aliphatic carbocycles. The molecule has 2 aliphatic heterocycles. The molecule has 3 aliphatic rings. The Morgan fingerprint density at radius 3 is 2.76 bits per heavy atom. The van der Waals surface area contributed by atoms with Gasteiger partial charge in [0, 0.05) is 45.4 Å². The van der Waals surface area contributed by atoms with Crippen LogP contribution in [0.4, 0.5) is 0 Å². The topological polar surface area (TPSA) is 48.9 Å². The van der Waals surface area contributed by atoms with E-state index in [0.717, 1.165) is 25.2 Å². The number of halogens is 1. The van der Waals surface area contributed by atoms with Crippen LogP contribution in [-0.2, 0) is 4.74 Å². The van der Waals surface area contributed by atoms with E-state index in [2.05, 4.69) is 20.5 Å². The predicted octanol–water partition coefficient (Wildman–Crippen LogP) is 1.58. The molecule has 5 nitrogen and oxygen atoms in total. The van der Waals surface area contributed by atoms with Crippen molar-refractivity contribution in [2.45, 2.75) is 56.7 Å². The summed E-state index contributed by atoms with van der Waals surface area (Å²) in [5.41, 5.74) is 0. The number of guanidine groups is 1. The van der Waals surface area contributed by atoms with Gasteiger partial charge >= 0.3 is 0 Å². The van der Waals surface area contributed by atoms with Crippen LogP contribution >= 0.6 is 24.0 Å². The van der Waals surface area contributed by atoms with Crippen LogP contribution in [0.15, 0.2) is 4.99 Å². The third kappa shape index (κ3) is 5.25. The molecule has 0 bridgehead atoms. The van der Waals surface area contributed by atoms with Crippen molar-refractivity contribution < 1.29 is 4.74 Å². The largest absolute Gasteiger partial charge is 0.376 e. The number of hydrogen-bond donors (Lipinski definition) is 2. The normalized spacial score (nSPS) is 30.8. The SMILES string of the molecule is CN=C(NCC1CCCCO1)NC1CCN(C2CC2)C1.I. The van der Waals surface area contributed by atoms with Gasteiger partial charge in [-0.3, -0.25) is 9.89 Å². The van der Waals surface area contributed by atoms with E-state index in [9.17, 15) is 0 Å². The van der Waals surface area contributed by atoms with E-state index in [-0.39, 0.29) is 24.0 Å². The minimum absolute atomic E-state index is 0. The molecule has 2 heterocycles. The molecule has 1 saturated carbocycles. The van der Waals surface area contributed by atoms with Crippen molar-refractivity contribution in [2.24, 2.45) is 4.99 Å². The van der Waals surface area contributed by atoms with Gasteiger partial charge in [0.15, 0.2) is 5.96 Å². The minimum atomic E-state index is 0. The fourth-order valence-electron chi connectivity index (χ4n) is 3.24. The molecule has 0 spiro atoms. The van der Waals surface area contributed by atoms with Gasteiger partial charge in [-0.05, 0) is 38.5 Å². The third-order valence-electron chi connectivity index (χ3n) is 4.62. The maximum absolute atomic E-state index is 5.75. The molecule has 2 N–H and O–H groups in total. The Morgan fingerprint density at radius 1 is 1.24 bits per heavy atom. The summed E-state index contributed by atoms with van der Waals surface area (Å²) >= 11 is 0. The van der Waals surface area contributed by atoms with E-state index in [1.807, 2.05) is 7.05 Å². The Morgan fingerprint density at radius 2 is 2.10 bits per heavy atom. The van der Waals surface area contributed by atoms with Gasteiger partial charge in [-0.1, -0.05) is 0 Å². The number of nitrogens with zero attached hydrogens (tertiary/aromatic N) is 2. The second-order valence-electron chi connectivity index (χ2n) is 6.30. The van der Waals surface area contributed by atoms with Crippen molar-refractivity contribution in [1.82, 2.24) is 15.5 Å². The molecule has 0 aromatic heterocycles. The Balaban J connectivity index is 0.00000161. The lowest BCUT2D eigenvalue weighted by Gasteiger charge is -2.24. The molecule has 122 valence electrons. The lowest BCUT2D eigenvalue weighted by molar-refractivity contribution is 0.0194. The third-order valence-corrected chi connectivity index (χ3v) is 4.62. The van der Waals surface area contributed by atoms with E-state index in [1.54, 1.807) is 0 Å². The van der Waals surface area contributed by atoms with Gasteiger partial charge in [-0.15, -0.1) is 24.0 Å². The molecule has 2 saturated heterocycles. The van der Waals surface area contributed by atoms with Gasteiger partial charge in [0.1, 0.15) is 0 Å². The summed E-state index contributed by atoms with van der Waals surface area (Å²) in [6, 6.07) is 1.43. The average Bonchev–Trinajstić information content (AvgIpc) is 3.24. The minimum Gasteiger partial charge on any atom is -0.376 e. The highest BCUT2D eigenvalue weighted by atomic mass is 127. The highest BCUT2D eigenvalue weighted by molar-refractivity contribution is 14.0. The first-order chi connectivity index (χ1) is 9.85. The summed E-state index contributed by atoms with van der Waals surface area (Å²) in [6.07, 6.45) is 8.06. The monoisotopic (exact) mass is 408 g/mol. The van der Waals surface area contributed by atoms with Gasteiger partial charge in [-0.2, -0.15) is 0 Å². The first-order valence-electron chi connectivity index (χ1n) is 8.18. The van der Waals surface area contributed by atoms with Crippen LogP contribution in [0.1, 0.15) is 38.5 Å². The van der Waals surface area contributed by atoms with Crippen LogP contribution in [0.25, 0.3) is 0 Å². The van der Waals surface area contributed by atoms with Gasteiger partial charge in [-0.25, -0.2) is 0 Å². The molecule has 0 aromatic rings. The highest BCUT2D eigenvalue weighted by Crippen LogP contribution is 2.29. The number of nitrogens with one attached hydrogen (secondary N) is 2. The van der Waals surface area contributed by atoms with Gasteiger partial charge in [0.2, 0.25) is 0 Å². The van der Waals surface area contributed by atoms with Crippen molar-refractivity contribution in [1.29, 1.82) is 0 Å². The Labute approximate surface area is 145 Å². The van der Waals surface area contributed by atoms with Crippen molar-refractivity contribution in [2.75, 3.05) is 33.3 Å². The van der Waals surface area contributed by atoms with Crippen molar-refractivity contribution in [3.05, 3.63) is 0 Å². The molecule has 21 heavy (non-hydrogen) atoms. The second-order valence-corrected chi connectivity index (χ2v) is 6.30. The van der Waals surface area contributed by atoms with Crippen molar-refractivity contribution >= 4 is 29.9 Å². The van der Waals surface area contributed by atoms with Gasteiger partial charge in [0.25, 0.3) is 0 Å². The average molecular weight is 408 g/mol. The fraction of sp³-hybridized carbons (Fsp3) is 0.933. The summed E-state index contributed by atoms with van der Waals surface area (Å²) in [7, 11) is 1.85. The number of ether oxygens (including phenoxy) is 1. The Kier molecular flexibility index (Phi) is 7.01. The van der Waals surface area contributed by atoms with Crippen LogP contribution in [0.2, 0.25) is 0 Å². The number of aliphatic imine (C=N–C) groups is 1. The zero-order valence-corrected chi connectivity index (χ0v) is 15.3. The summed E-state index contributed by atoms with van der Waals surface area (Å²) < 4.78 is 5.75. The molecule has 3 rings (SSSR count). The van der Waals surface area contributed by atoms with Crippen LogP contribution in [0, 0.1) is 0 Å². The van der Waals surface area contributed by atoms with Crippen molar-refractivity contribution in [3.8, 4) is 0 Å². The van der Waals surface area contributed by atoms with E-state index >= 15 is 0 Å². The number of hydrogen-bond acceptors (Lipinski definition) is 3. The number of likely N-dealkylation sites (tertiary alicyclic amines) is 1. The van der Waals surface area contributed by atoms with Gasteiger partial charge < -0.3 is 15.4 Å². The zero-order valence-electron chi connectivity index (χ0n) is 13.0. The maximum atomic E-state index is 5.75. The summed E-state index contributed by atoms with van der Waals surface area (Å²) in [5.74, 6) is 0.932. The molecule has 0 amide bonds. The molecule has 0 radical (unpaired) electrons. The van der Waals surface area contributed by atoms with Crippen LogP contribution in [0.3, 0.4) is 0 Å². The van der Waals surface area contributed by atoms with Crippen LogP contribution in [0.5, 0.6) is 0 Å². The summed E-state index contributed by atoms with van der Waals surface area (Å²) in [4.78, 5) is 6.96. The first kappa shape index (κ1) is 17.3. The summed E-state index contributed by atoms with van der Waals surface area (Å²) in [5, 5.41) is 6.98. The molecular weight excluding hydrogens is 379 g/mol. The molecular formula is C15H29IN4O. The quantitative estimate of drug-likeness (QED) is 0.421. The highest BCUT2D eigenvalue weighted by Gasteiger charge is 2.34. The maximum Gasteiger partial charge on any atom is 0.191 e. The molecule has 2 unspecified atom stereocenters.